The van der Waals surface area contributed by atoms with Crippen LogP contribution in [-0.2, 0) is 13.0 Å². The maximum absolute atomic E-state index is 12.9. The molecule has 0 spiro atoms. The molecule has 1 aromatic rings. The number of ether oxygens (including phenoxy) is 1. The molecule has 0 saturated heterocycles. The van der Waals surface area contributed by atoms with Crippen LogP contribution in [0.2, 0.25) is 0 Å². The molecule has 1 rings (SSSR count). The monoisotopic (exact) mass is 281 g/mol. The minimum Gasteiger partial charge on any atom is -0.404 e. The van der Waals surface area contributed by atoms with Gasteiger partial charge in [0.25, 0.3) is 6.43 Å². The Kier molecular flexibility index (Phi) is 4.61. The second kappa shape index (κ2) is 5.79. The zero-order chi connectivity index (χ0) is 14.6. The molecule has 2 N–H and O–H groups in total. The molecule has 1 aromatic heterocycles. The van der Waals surface area contributed by atoms with Crippen LogP contribution in [-0.4, -0.2) is 11.3 Å². The van der Waals surface area contributed by atoms with Gasteiger partial charge in [0, 0.05) is 17.7 Å². The summed E-state index contributed by atoms with van der Waals surface area (Å²) < 4.78 is 65.7. The fourth-order valence-corrected chi connectivity index (χ4v) is 1.49. The number of pyridine rings is 1. The van der Waals surface area contributed by atoms with Crippen molar-refractivity contribution in [3.63, 3.8) is 0 Å². The average molecular weight is 281 g/mol. The van der Waals surface area contributed by atoms with Gasteiger partial charge < -0.3 is 10.5 Å². The fourth-order valence-electron chi connectivity index (χ4n) is 1.49. The predicted octanol–water partition coefficient (Wildman–Crippen LogP) is 2.44. The number of aromatic nitrogens is 1. The number of halogens is 5. The van der Waals surface area contributed by atoms with Gasteiger partial charge in [0.1, 0.15) is 0 Å². The van der Waals surface area contributed by atoms with Gasteiger partial charge in [-0.15, -0.1) is 13.2 Å². The van der Waals surface area contributed by atoms with E-state index in [4.69, 9.17) is 11.0 Å². The van der Waals surface area contributed by atoms with E-state index in [9.17, 15) is 22.0 Å². The minimum absolute atomic E-state index is 0.269. The van der Waals surface area contributed by atoms with Crippen molar-refractivity contribution >= 4 is 0 Å². The van der Waals surface area contributed by atoms with Crippen LogP contribution in [0.1, 0.15) is 23.2 Å². The van der Waals surface area contributed by atoms with Gasteiger partial charge in [0.15, 0.2) is 5.75 Å². The molecule has 19 heavy (non-hydrogen) atoms. The third kappa shape index (κ3) is 3.75. The highest BCUT2D eigenvalue weighted by atomic mass is 19.4. The molecule has 0 unspecified atom stereocenters. The molecule has 0 aromatic carbocycles. The smallest absolute Gasteiger partial charge is 0.404 e. The Hall–Kier alpha value is -1.95. The maximum atomic E-state index is 12.9. The van der Waals surface area contributed by atoms with Crippen LogP contribution in [0.4, 0.5) is 22.0 Å². The SMILES string of the molecule is N#CCc1c(OC(F)(F)F)cnc(CN)c1C(F)F. The van der Waals surface area contributed by atoms with E-state index < -0.39 is 36.1 Å². The first-order valence-electron chi connectivity index (χ1n) is 4.91. The van der Waals surface area contributed by atoms with Gasteiger partial charge >= 0.3 is 6.36 Å². The normalized spacial score (nSPS) is 11.5. The van der Waals surface area contributed by atoms with Gasteiger partial charge in [-0.1, -0.05) is 0 Å². The van der Waals surface area contributed by atoms with E-state index in [1.165, 1.54) is 6.07 Å². The summed E-state index contributed by atoms with van der Waals surface area (Å²) in [6.45, 7) is -0.385. The summed E-state index contributed by atoms with van der Waals surface area (Å²) in [4.78, 5) is 3.41. The molecular weight excluding hydrogens is 273 g/mol. The summed E-state index contributed by atoms with van der Waals surface area (Å²) >= 11 is 0. The zero-order valence-corrected chi connectivity index (χ0v) is 9.34. The molecule has 4 nitrogen and oxygen atoms in total. The molecule has 104 valence electrons. The van der Waals surface area contributed by atoms with Gasteiger partial charge in [-0.05, 0) is 0 Å². The third-order valence-electron chi connectivity index (χ3n) is 2.16. The van der Waals surface area contributed by atoms with Crippen molar-refractivity contribution in [2.75, 3.05) is 0 Å². The van der Waals surface area contributed by atoms with Crippen molar-refractivity contribution in [1.29, 1.82) is 5.26 Å². The van der Waals surface area contributed by atoms with E-state index in [0.717, 1.165) is 0 Å². The number of hydrogen-bond donors (Lipinski definition) is 1. The lowest BCUT2D eigenvalue weighted by atomic mass is 10.0. The number of hydrogen-bond acceptors (Lipinski definition) is 4. The highest BCUT2D eigenvalue weighted by Gasteiger charge is 2.34. The van der Waals surface area contributed by atoms with Crippen molar-refractivity contribution in [3.05, 3.63) is 23.0 Å². The van der Waals surface area contributed by atoms with Crippen molar-refractivity contribution in [2.45, 2.75) is 25.8 Å². The highest BCUT2D eigenvalue weighted by Crippen LogP contribution is 2.34. The van der Waals surface area contributed by atoms with Crippen LogP contribution in [0.3, 0.4) is 0 Å². The molecule has 0 radical (unpaired) electrons. The molecule has 1 heterocycles. The second-order valence-electron chi connectivity index (χ2n) is 3.35. The van der Waals surface area contributed by atoms with Crippen molar-refractivity contribution < 1.29 is 26.7 Å². The Bertz CT molecular complexity index is 495. The van der Waals surface area contributed by atoms with Gasteiger partial charge in [-0.3, -0.25) is 4.98 Å². The molecule has 0 amide bonds. The molecular formula is C10H8F5N3O. The summed E-state index contributed by atoms with van der Waals surface area (Å²) in [5, 5.41) is 8.53. The van der Waals surface area contributed by atoms with E-state index in [1.807, 2.05) is 0 Å². The van der Waals surface area contributed by atoms with Crippen molar-refractivity contribution in [3.8, 4) is 11.8 Å². The number of alkyl halides is 5. The van der Waals surface area contributed by atoms with E-state index in [2.05, 4.69) is 9.72 Å². The lowest BCUT2D eigenvalue weighted by Gasteiger charge is -2.16. The zero-order valence-electron chi connectivity index (χ0n) is 9.34. The molecule has 0 aliphatic carbocycles. The van der Waals surface area contributed by atoms with E-state index >= 15 is 0 Å². The van der Waals surface area contributed by atoms with Crippen molar-refractivity contribution in [1.82, 2.24) is 4.98 Å². The summed E-state index contributed by atoms with van der Waals surface area (Å²) in [7, 11) is 0. The van der Waals surface area contributed by atoms with Crippen LogP contribution in [0.25, 0.3) is 0 Å². The standard InChI is InChI=1S/C10H8F5N3O/c11-9(12)8-5(1-2-16)7(19-10(13,14)15)4-18-6(8)3-17/h4,9H,1,3,17H2. The lowest BCUT2D eigenvalue weighted by molar-refractivity contribution is -0.275. The summed E-state index contributed by atoms with van der Waals surface area (Å²) in [6, 6.07) is 1.51. The molecule has 0 aliphatic heterocycles. The van der Waals surface area contributed by atoms with Crippen LogP contribution < -0.4 is 10.5 Å². The first-order valence-corrected chi connectivity index (χ1v) is 4.91. The Morgan fingerprint density at radius 1 is 1.42 bits per heavy atom. The molecule has 0 fully saturated rings. The molecule has 0 saturated carbocycles. The Morgan fingerprint density at radius 3 is 2.47 bits per heavy atom. The van der Waals surface area contributed by atoms with Crippen LogP contribution in [0.5, 0.6) is 5.75 Å². The number of nitrogens with zero attached hydrogens (tertiary/aromatic N) is 2. The molecule has 0 bridgehead atoms. The Balaban J connectivity index is 3.40. The molecule has 9 heteroatoms. The Morgan fingerprint density at radius 2 is 2.05 bits per heavy atom. The number of rotatable bonds is 4. The van der Waals surface area contributed by atoms with Crippen LogP contribution in [0.15, 0.2) is 6.20 Å². The first kappa shape index (κ1) is 15.1. The molecule has 0 atom stereocenters. The third-order valence-corrected chi connectivity index (χ3v) is 2.16. The summed E-state index contributed by atoms with van der Waals surface area (Å²) in [5.41, 5.74) is 3.58. The molecule has 0 aliphatic rings. The lowest BCUT2D eigenvalue weighted by Crippen LogP contribution is -2.20. The predicted molar refractivity (Wildman–Crippen MR) is 53.1 cm³/mol. The van der Waals surface area contributed by atoms with Gasteiger partial charge in [-0.25, -0.2) is 8.78 Å². The second-order valence-corrected chi connectivity index (χ2v) is 3.35. The van der Waals surface area contributed by atoms with Crippen LogP contribution >= 0.6 is 0 Å². The first-order chi connectivity index (χ1) is 8.80. The van der Waals surface area contributed by atoms with Crippen LogP contribution in [0, 0.1) is 11.3 Å². The number of nitriles is 1. The quantitative estimate of drug-likeness (QED) is 0.860. The van der Waals surface area contributed by atoms with Crippen molar-refractivity contribution in [2.24, 2.45) is 5.73 Å². The topological polar surface area (TPSA) is 71.9 Å². The highest BCUT2D eigenvalue weighted by molar-refractivity contribution is 5.43. The fraction of sp³-hybridized carbons (Fsp3) is 0.400. The summed E-state index contributed by atoms with van der Waals surface area (Å²) in [5.74, 6) is -0.915. The Labute approximate surface area is 104 Å². The maximum Gasteiger partial charge on any atom is 0.573 e. The van der Waals surface area contributed by atoms with Gasteiger partial charge in [-0.2, -0.15) is 5.26 Å². The van der Waals surface area contributed by atoms with E-state index in [-0.39, 0.29) is 12.2 Å². The largest absolute Gasteiger partial charge is 0.573 e. The van der Waals surface area contributed by atoms with E-state index in [1.54, 1.807) is 0 Å². The van der Waals surface area contributed by atoms with Gasteiger partial charge in [0.2, 0.25) is 0 Å². The average Bonchev–Trinajstić information content (AvgIpc) is 2.28. The van der Waals surface area contributed by atoms with E-state index in [0.29, 0.717) is 6.20 Å². The summed E-state index contributed by atoms with van der Waals surface area (Å²) in [6.07, 6.45) is -8.20. The van der Waals surface area contributed by atoms with Gasteiger partial charge in [0.05, 0.1) is 24.4 Å². The minimum atomic E-state index is -5.06. The number of nitrogens with two attached hydrogens (primary N) is 1.